The van der Waals surface area contributed by atoms with Crippen molar-refractivity contribution in [2.75, 3.05) is 20.6 Å². The predicted octanol–water partition coefficient (Wildman–Crippen LogP) is 4.95. The van der Waals surface area contributed by atoms with Crippen LogP contribution in [0, 0.1) is 0 Å². The second kappa shape index (κ2) is 9.47. The molecule has 2 aromatic carbocycles. The van der Waals surface area contributed by atoms with Crippen LogP contribution < -0.4 is 5.32 Å². The molecule has 30 heavy (non-hydrogen) atoms. The van der Waals surface area contributed by atoms with Gasteiger partial charge in [-0.25, -0.2) is 4.98 Å². The number of hydrogen-bond acceptors (Lipinski definition) is 5. The molecule has 1 amide bonds. The van der Waals surface area contributed by atoms with Crippen LogP contribution in [-0.2, 0) is 5.75 Å². The molecule has 0 bridgehead atoms. The minimum absolute atomic E-state index is 0.0424. The SMILES string of the molecule is CN(C)[C@H](CNC(=O)c1ccccc1CSc1nc2ccccc2[nH]1)c1cccs1. The Hall–Kier alpha value is -2.61. The molecule has 5 nitrogen and oxygen atoms in total. The number of rotatable bonds is 8. The molecular weight excluding hydrogens is 412 g/mol. The van der Waals surface area contributed by atoms with Gasteiger partial charge in [0.05, 0.1) is 17.1 Å². The first-order valence-corrected chi connectivity index (χ1v) is 11.6. The van der Waals surface area contributed by atoms with E-state index in [4.69, 9.17) is 0 Å². The predicted molar refractivity (Wildman–Crippen MR) is 125 cm³/mol. The molecule has 2 heterocycles. The Bertz CT molecular complexity index is 1090. The number of nitrogens with one attached hydrogen (secondary N) is 2. The highest BCUT2D eigenvalue weighted by Gasteiger charge is 2.18. The molecule has 2 N–H and O–H groups in total. The zero-order valence-electron chi connectivity index (χ0n) is 17.0. The van der Waals surface area contributed by atoms with Crippen LogP contribution in [0.1, 0.15) is 26.8 Å². The molecule has 0 aliphatic rings. The number of carbonyl (C=O) groups is 1. The van der Waals surface area contributed by atoms with Gasteiger partial charge in [-0.05, 0) is 49.3 Å². The number of fused-ring (bicyclic) bond motifs is 1. The highest BCUT2D eigenvalue weighted by molar-refractivity contribution is 7.98. The summed E-state index contributed by atoms with van der Waals surface area (Å²) in [5.41, 5.74) is 3.69. The van der Waals surface area contributed by atoms with Crippen LogP contribution in [0.3, 0.4) is 0 Å². The van der Waals surface area contributed by atoms with E-state index < -0.39 is 0 Å². The Morgan fingerprint density at radius 2 is 1.93 bits per heavy atom. The maximum atomic E-state index is 13.0. The summed E-state index contributed by atoms with van der Waals surface area (Å²) in [6.45, 7) is 0.567. The summed E-state index contributed by atoms with van der Waals surface area (Å²) in [6, 6.07) is 20.1. The largest absolute Gasteiger partial charge is 0.350 e. The third-order valence-corrected chi connectivity index (χ3v) is 6.84. The van der Waals surface area contributed by atoms with Crippen molar-refractivity contribution < 1.29 is 4.79 Å². The zero-order valence-corrected chi connectivity index (χ0v) is 18.6. The van der Waals surface area contributed by atoms with Gasteiger partial charge < -0.3 is 15.2 Å². The number of likely N-dealkylation sites (N-methyl/N-ethyl adjacent to an activating group) is 1. The number of aromatic nitrogens is 2. The number of aromatic amines is 1. The number of nitrogens with zero attached hydrogens (tertiary/aromatic N) is 2. The Labute approximate surface area is 184 Å². The van der Waals surface area contributed by atoms with E-state index in [1.54, 1.807) is 23.1 Å². The number of H-pyrrole nitrogens is 1. The molecular formula is C23H24N4OS2. The van der Waals surface area contributed by atoms with E-state index in [2.05, 4.69) is 31.6 Å². The minimum Gasteiger partial charge on any atom is -0.350 e. The number of thiophene rings is 1. The van der Waals surface area contributed by atoms with E-state index in [1.165, 1.54) is 4.88 Å². The second-order valence-electron chi connectivity index (χ2n) is 7.21. The molecule has 7 heteroatoms. The van der Waals surface area contributed by atoms with Gasteiger partial charge in [-0.1, -0.05) is 48.2 Å². The van der Waals surface area contributed by atoms with E-state index in [9.17, 15) is 4.79 Å². The molecule has 0 saturated carbocycles. The monoisotopic (exact) mass is 436 g/mol. The maximum Gasteiger partial charge on any atom is 0.251 e. The van der Waals surface area contributed by atoms with Gasteiger partial charge in [0.1, 0.15) is 0 Å². The van der Waals surface area contributed by atoms with Crippen molar-refractivity contribution >= 4 is 40.0 Å². The molecule has 2 aromatic heterocycles. The van der Waals surface area contributed by atoms with Crippen molar-refractivity contribution in [2.24, 2.45) is 0 Å². The standard InChI is InChI=1S/C23H24N4OS2/c1-27(2)20(21-12-7-13-29-21)14-24-22(28)17-9-4-3-8-16(17)15-30-23-25-18-10-5-6-11-19(18)26-23/h3-13,20H,14-15H2,1-2H3,(H,24,28)(H,25,26)/t20-/m1/s1. The van der Waals surface area contributed by atoms with Crippen LogP contribution in [0.2, 0.25) is 0 Å². The van der Waals surface area contributed by atoms with Crippen molar-refractivity contribution in [2.45, 2.75) is 17.0 Å². The van der Waals surface area contributed by atoms with Crippen molar-refractivity contribution in [1.29, 1.82) is 0 Å². The lowest BCUT2D eigenvalue weighted by Crippen LogP contribution is -2.34. The highest BCUT2D eigenvalue weighted by atomic mass is 32.2. The lowest BCUT2D eigenvalue weighted by molar-refractivity contribution is 0.0941. The number of carbonyl (C=O) groups excluding carboxylic acids is 1. The Kier molecular flexibility index (Phi) is 6.52. The number of para-hydroxylation sites is 2. The summed E-state index contributed by atoms with van der Waals surface area (Å²) in [5.74, 6) is 0.630. The average Bonchev–Trinajstić information content (AvgIpc) is 3.42. The average molecular weight is 437 g/mol. The fourth-order valence-electron chi connectivity index (χ4n) is 3.31. The van der Waals surface area contributed by atoms with Gasteiger partial charge in [0.25, 0.3) is 5.91 Å². The summed E-state index contributed by atoms with van der Waals surface area (Å²) in [4.78, 5) is 24.3. The highest BCUT2D eigenvalue weighted by Crippen LogP contribution is 2.25. The van der Waals surface area contributed by atoms with E-state index in [0.29, 0.717) is 17.9 Å². The van der Waals surface area contributed by atoms with Crippen LogP contribution >= 0.6 is 23.1 Å². The molecule has 154 valence electrons. The van der Waals surface area contributed by atoms with Gasteiger partial charge in [-0.15, -0.1) is 11.3 Å². The minimum atomic E-state index is -0.0424. The molecule has 0 saturated heterocycles. The normalized spacial score (nSPS) is 12.4. The van der Waals surface area contributed by atoms with Crippen molar-refractivity contribution in [3.8, 4) is 0 Å². The number of benzene rings is 2. The van der Waals surface area contributed by atoms with E-state index >= 15 is 0 Å². The lowest BCUT2D eigenvalue weighted by Gasteiger charge is -2.23. The van der Waals surface area contributed by atoms with Gasteiger partial charge >= 0.3 is 0 Å². The number of thioether (sulfide) groups is 1. The van der Waals surface area contributed by atoms with Crippen LogP contribution in [0.25, 0.3) is 11.0 Å². The summed E-state index contributed by atoms with van der Waals surface area (Å²) < 4.78 is 0. The molecule has 0 fully saturated rings. The van der Waals surface area contributed by atoms with Crippen molar-refractivity contribution in [3.05, 3.63) is 82.0 Å². The van der Waals surface area contributed by atoms with Gasteiger partial charge in [0, 0.05) is 22.7 Å². The van der Waals surface area contributed by atoms with Gasteiger partial charge in [-0.2, -0.15) is 0 Å². The summed E-state index contributed by atoms with van der Waals surface area (Å²) in [6.07, 6.45) is 0. The first-order valence-electron chi connectivity index (χ1n) is 9.75. The third kappa shape index (κ3) is 4.75. The molecule has 0 radical (unpaired) electrons. The molecule has 1 atom stereocenters. The van der Waals surface area contributed by atoms with Gasteiger partial charge in [0.15, 0.2) is 5.16 Å². The second-order valence-corrected chi connectivity index (χ2v) is 9.15. The third-order valence-electron chi connectivity index (χ3n) is 4.94. The number of imidazole rings is 1. The lowest BCUT2D eigenvalue weighted by atomic mass is 10.1. The van der Waals surface area contributed by atoms with Crippen LogP contribution in [0.4, 0.5) is 0 Å². The summed E-state index contributed by atoms with van der Waals surface area (Å²) in [5, 5.41) is 6.05. The molecule has 0 unspecified atom stereocenters. The van der Waals surface area contributed by atoms with E-state index in [-0.39, 0.29) is 11.9 Å². The number of hydrogen-bond donors (Lipinski definition) is 2. The first kappa shape index (κ1) is 20.7. The topological polar surface area (TPSA) is 61.0 Å². The Morgan fingerprint density at radius 1 is 1.13 bits per heavy atom. The van der Waals surface area contributed by atoms with E-state index in [1.807, 2.05) is 68.7 Å². The number of amides is 1. The van der Waals surface area contributed by atoms with Crippen molar-refractivity contribution in [1.82, 2.24) is 20.2 Å². The maximum absolute atomic E-state index is 13.0. The van der Waals surface area contributed by atoms with Gasteiger partial charge in [-0.3, -0.25) is 4.79 Å². The molecule has 0 spiro atoms. The zero-order chi connectivity index (χ0) is 20.9. The Morgan fingerprint density at radius 3 is 2.70 bits per heavy atom. The molecule has 4 aromatic rings. The smallest absolute Gasteiger partial charge is 0.251 e. The molecule has 4 rings (SSSR count). The van der Waals surface area contributed by atoms with E-state index in [0.717, 1.165) is 21.8 Å². The van der Waals surface area contributed by atoms with Crippen LogP contribution in [0.5, 0.6) is 0 Å². The van der Waals surface area contributed by atoms with Crippen LogP contribution in [0.15, 0.2) is 71.2 Å². The summed E-state index contributed by atoms with van der Waals surface area (Å²) in [7, 11) is 4.07. The first-order chi connectivity index (χ1) is 14.6. The van der Waals surface area contributed by atoms with Crippen molar-refractivity contribution in [3.63, 3.8) is 0 Å². The van der Waals surface area contributed by atoms with Gasteiger partial charge in [0.2, 0.25) is 0 Å². The van der Waals surface area contributed by atoms with Crippen LogP contribution in [-0.4, -0.2) is 41.4 Å². The summed E-state index contributed by atoms with van der Waals surface area (Å²) >= 11 is 3.32. The fraction of sp³-hybridized carbons (Fsp3) is 0.217. The molecule has 0 aliphatic carbocycles. The Balaban J connectivity index is 1.43. The quantitative estimate of drug-likeness (QED) is 0.384. The molecule has 0 aliphatic heterocycles. The fourth-order valence-corrected chi connectivity index (χ4v) is 5.13.